The molecule has 100 valence electrons. The van der Waals surface area contributed by atoms with E-state index in [9.17, 15) is 9.59 Å². The number of carboxylic acid groups (broad SMARTS) is 1. The van der Waals surface area contributed by atoms with Crippen molar-refractivity contribution >= 4 is 29.3 Å². The predicted octanol–water partition coefficient (Wildman–Crippen LogP) is 0.779. The van der Waals surface area contributed by atoms with Crippen LogP contribution >= 0.6 is 11.6 Å². The number of aliphatic carboxylic acids is 1. The Bertz CT molecular complexity index is 541. The lowest BCUT2D eigenvalue weighted by Gasteiger charge is -2.09. The SMILES string of the molecule is N#Cc1ccc(NC(=O)NCC(O)C(=O)O)cc1Cl. The summed E-state index contributed by atoms with van der Waals surface area (Å²) in [6, 6.07) is 5.46. The van der Waals surface area contributed by atoms with Gasteiger partial charge in [0.05, 0.1) is 17.1 Å². The lowest BCUT2D eigenvalue weighted by molar-refractivity contribution is -0.146. The largest absolute Gasteiger partial charge is 0.479 e. The van der Waals surface area contributed by atoms with Crippen LogP contribution < -0.4 is 10.6 Å². The number of aliphatic hydroxyl groups is 1. The van der Waals surface area contributed by atoms with E-state index in [1.807, 2.05) is 6.07 Å². The quantitative estimate of drug-likeness (QED) is 0.650. The number of carboxylic acids is 1. The summed E-state index contributed by atoms with van der Waals surface area (Å²) in [4.78, 5) is 21.7. The summed E-state index contributed by atoms with van der Waals surface area (Å²) in [5.41, 5.74) is 0.611. The third-order valence-electron chi connectivity index (χ3n) is 2.09. The molecule has 1 unspecified atom stereocenters. The van der Waals surface area contributed by atoms with Crippen LogP contribution in [0.25, 0.3) is 0 Å². The van der Waals surface area contributed by atoms with Gasteiger partial charge in [-0.05, 0) is 18.2 Å². The van der Waals surface area contributed by atoms with Crippen LogP contribution in [0.3, 0.4) is 0 Å². The van der Waals surface area contributed by atoms with E-state index >= 15 is 0 Å². The number of carbonyl (C=O) groups is 2. The minimum Gasteiger partial charge on any atom is -0.479 e. The van der Waals surface area contributed by atoms with Gasteiger partial charge in [-0.25, -0.2) is 9.59 Å². The van der Waals surface area contributed by atoms with Gasteiger partial charge < -0.3 is 20.8 Å². The minimum absolute atomic E-state index is 0.186. The number of nitrogens with one attached hydrogen (secondary N) is 2. The van der Waals surface area contributed by atoms with Crippen LogP contribution in [0.15, 0.2) is 18.2 Å². The molecule has 0 aliphatic carbocycles. The number of benzene rings is 1. The third-order valence-corrected chi connectivity index (χ3v) is 2.40. The zero-order chi connectivity index (χ0) is 14.4. The monoisotopic (exact) mass is 283 g/mol. The number of aliphatic hydroxyl groups excluding tert-OH is 1. The number of urea groups is 1. The molecule has 0 radical (unpaired) electrons. The van der Waals surface area contributed by atoms with E-state index in [0.29, 0.717) is 5.69 Å². The number of nitrogens with zero attached hydrogens (tertiary/aromatic N) is 1. The number of halogens is 1. The number of rotatable bonds is 4. The predicted molar refractivity (Wildman–Crippen MR) is 66.8 cm³/mol. The van der Waals surface area contributed by atoms with Gasteiger partial charge in [-0.2, -0.15) is 5.26 Å². The number of nitriles is 1. The first-order valence-electron chi connectivity index (χ1n) is 5.09. The number of carbonyl (C=O) groups excluding carboxylic acids is 1. The molecule has 1 aromatic rings. The maximum atomic E-state index is 11.4. The first kappa shape index (κ1) is 14.8. The number of anilines is 1. The van der Waals surface area contributed by atoms with Crippen molar-refractivity contribution in [3.05, 3.63) is 28.8 Å². The fourth-order valence-electron chi connectivity index (χ4n) is 1.14. The highest BCUT2D eigenvalue weighted by Gasteiger charge is 2.14. The van der Waals surface area contributed by atoms with Crippen molar-refractivity contribution in [2.45, 2.75) is 6.10 Å². The maximum absolute atomic E-state index is 11.4. The van der Waals surface area contributed by atoms with Crippen molar-refractivity contribution in [1.82, 2.24) is 5.32 Å². The number of hydrogen-bond acceptors (Lipinski definition) is 4. The molecule has 8 heteroatoms. The van der Waals surface area contributed by atoms with Gasteiger partial charge in [0.2, 0.25) is 0 Å². The molecule has 0 aromatic heterocycles. The zero-order valence-electron chi connectivity index (χ0n) is 9.55. The van der Waals surface area contributed by atoms with E-state index in [0.717, 1.165) is 0 Å². The number of hydrogen-bond donors (Lipinski definition) is 4. The van der Waals surface area contributed by atoms with Gasteiger partial charge in [-0.15, -0.1) is 0 Å². The molecule has 0 saturated heterocycles. The Balaban J connectivity index is 2.56. The van der Waals surface area contributed by atoms with E-state index in [1.54, 1.807) is 0 Å². The Morgan fingerprint density at radius 1 is 1.47 bits per heavy atom. The molecule has 0 aliphatic rings. The second kappa shape index (κ2) is 6.58. The Labute approximate surface area is 113 Å². The lowest BCUT2D eigenvalue weighted by Crippen LogP contribution is -2.38. The number of amides is 2. The summed E-state index contributed by atoms with van der Waals surface area (Å²) in [6.45, 7) is -0.425. The van der Waals surface area contributed by atoms with Crippen LogP contribution in [-0.4, -0.2) is 34.9 Å². The summed E-state index contributed by atoms with van der Waals surface area (Å²) in [7, 11) is 0. The van der Waals surface area contributed by atoms with Crippen LogP contribution in [-0.2, 0) is 4.79 Å². The summed E-state index contributed by atoms with van der Waals surface area (Å²) in [5.74, 6) is -1.43. The van der Waals surface area contributed by atoms with Gasteiger partial charge in [-0.3, -0.25) is 0 Å². The molecule has 0 bridgehead atoms. The van der Waals surface area contributed by atoms with Crippen molar-refractivity contribution in [2.24, 2.45) is 0 Å². The molecule has 0 aliphatic heterocycles. The normalized spacial score (nSPS) is 11.2. The Kier molecular flexibility index (Phi) is 5.11. The summed E-state index contributed by atoms with van der Waals surface area (Å²) in [6.07, 6.45) is -1.67. The van der Waals surface area contributed by atoms with Crippen LogP contribution in [0, 0.1) is 11.3 Å². The highest BCUT2D eigenvalue weighted by atomic mass is 35.5. The summed E-state index contributed by atoms with van der Waals surface area (Å²) >= 11 is 5.77. The van der Waals surface area contributed by atoms with E-state index in [4.69, 9.17) is 27.1 Å². The molecule has 0 fully saturated rings. The van der Waals surface area contributed by atoms with Crippen LogP contribution in [0.2, 0.25) is 5.02 Å². The molecule has 4 N–H and O–H groups in total. The first-order valence-corrected chi connectivity index (χ1v) is 5.47. The van der Waals surface area contributed by atoms with Crippen molar-refractivity contribution < 1.29 is 19.8 Å². The second-order valence-corrected chi connectivity index (χ2v) is 3.90. The molecule has 1 atom stereocenters. The molecular formula is C11H10ClN3O4. The van der Waals surface area contributed by atoms with Gasteiger partial charge in [-0.1, -0.05) is 11.6 Å². The van der Waals surface area contributed by atoms with Crippen LogP contribution in [0.1, 0.15) is 5.56 Å². The molecule has 1 aromatic carbocycles. The fourth-order valence-corrected chi connectivity index (χ4v) is 1.36. The first-order chi connectivity index (χ1) is 8.93. The Morgan fingerprint density at radius 2 is 2.16 bits per heavy atom. The van der Waals surface area contributed by atoms with Crippen molar-refractivity contribution in [3.8, 4) is 6.07 Å². The average Bonchev–Trinajstić information content (AvgIpc) is 2.36. The molecule has 1 rings (SSSR count). The van der Waals surface area contributed by atoms with Crippen LogP contribution in [0.5, 0.6) is 0 Å². The topological polar surface area (TPSA) is 122 Å². The van der Waals surface area contributed by atoms with Gasteiger partial charge in [0.25, 0.3) is 0 Å². The van der Waals surface area contributed by atoms with Crippen molar-refractivity contribution in [3.63, 3.8) is 0 Å². The van der Waals surface area contributed by atoms with Crippen molar-refractivity contribution in [2.75, 3.05) is 11.9 Å². The van der Waals surface area contributed by atoms with E-state index < -0.39 is 24.6 Å². The maximum Gasteiger partial charge on any atom is 0.334 e. The average molecular weight is 284 g/mol. The van der Waals surface area contributed by atoms with Crippen LogP contribution in [0.4, 0.5) is 10.5 Å². The van der Waals surface area contributed by atoms with E-state index in [1.165, 1.54) is 18.2 Å². The molecule has 2 amide bonds. The molecule has 19 heavy (non-hydrogen) atoms. The lowest BCUT2D eigenvalue weighted by atomic mass is 10.2. The Morgan fingerprint density at radius 3 is 2.68 bits per heavy atom. The smallest absolute Gasteiger partial charge is 0.334 e. The van der Waals surface area contributed by atoms with E-state index in [-0.39, 0.29) is 10.6 Å². The highest BCUT2D eigenvalue weighted by molar-refractivity contribution is 6.32. The van der Waals surface area contributed by atoms with Gasteiger partial charge in [0.15, 0.2) is 6.10 Å². The highest BCUT2D eigenvalue weighted by Crippen LogP contribution is 2.19. The van der Waals surface area contributed by atoms with Gasteiger partial charge >= 0.3 is 12.0 Å². The molecule has 0 heterocycles. The van der Waals surface area contributed by atoms with Gasteiger partial charge in [0.1, 0.15) is 6.07 Å². The summed E-state index contributed by atoms with van der Waals surface area (Å²) < 4.78 is 0. The third kappa shape index (κ3) is 4.46. The zero-order valence-corrected chi connectivity index (χ0v) is 10.3. The Hall–Kier alpha value is -2.30. The second-order valence-electron chi connectivity index (χ2n) is 3.50. The van der Waals surface area contributed by atoms with Crippen molar-refractivity contribution in [1.29, 1.82) is 5.26 Å². The minimum atomic E-state index is -1.67. The molecule has 7 nitrogen and oxygen atoms in total. The standard InChI is InChI=1S/C11H10ClN3O4/c12-8-3-7(2-1-6(8)4-13)15-11(19)14-5-9(16)10(17)18/h1-3,9,16H,5H2,(H,17,18)(H2,14,15,19). The molecule has 0 saturated carbocycles. The van der Waals surface area contributed by atoms with E-state index in [2.05, 4.69) is 10.6 Å². The molecule has 0 spiro atoms. The fraction of sp³-hybridized carbons (Fsp3) is 0.182. The van der Waals surface area contributed by atoms with Gasteiger partial charge in [0, 0.05) is 5.69 Å². The summed E-state index contributed by atoms with van der Waals surface area (Å²) in [5, 5.41) is 30.8. The molecular weight excluding hydrogens is 274 g/mol.